The van der Waals surface area contributed by atoms with Gasteiger partial charge in [0, 0.05) is 17.5 Å². The molecule has 1 amide bonds. The van der Waals surface area contributed by atoms with Crippen molar-refractivity contribution < 1.29 is 14.3 Å². The van der Waals surface area contributed by atoms with Gasteiger partial charge in [0.15, 0.2) is 6.61 Å². The second-order valence-corrected chi connectivity index (χ2v) is 4.58. The molecule has 0 aliphatic rings. The third kappa shape index (κ3) is 7.24. The van der Waals surface area contributed by atoms with Crippen LogP contribution in [-0.4, -0.2) is 25.0 Å². The molecule has 0 fully saturated rings. The number of hydrogen-bond donors (Lipinski definition) is 1. The second-order valence-electron chi connectivity index (χ2n) is 3.60. The summed E-state index contributed by atoms with van der Waals surface area (Å²) >= 11 is 1.38. The number of carbonyl (C=O) groups excluding carboxylic acids is 2. The van der Waals surface area contributed by atoms with Gasteiger partial charge >= 0.3 is 5.97 Å². The Morgan fingerprint density at radius 3 is 2.80 bits per heavy atom. The smallest absolute Gasteiger partial charge is 0.331 e. The number of nitrogens with one attached hydrogen (secondary N) is 1. The first kappa shape index (κ1) is 15.8. The molecule has 0 aromatic heterocycles. The Kier molecular flexibility index (Phi) is 7.62. The normalized spacial score (nSPS) is 9.95. The van der Waals surface area contributed by atoms with E-state index in [0.29, 0.717) is 0 Å². The van der Waals surface area contributed by atoms with Crippen LogP contribution >= 0.6 is 11.8 Å². The van der Waals surface area contributed by atoms with E-state index in [1.807, 2.05) is 36.4 Å². The second kappa shape index (κ2) is 9.64. The number of thioether (sulfide) groups is 1. The van der Waals surface area contributed by atoms with Crippen LogP contribution in [0, 0.1) is 11.3 Å². The molecule has 0 unspecified atom stereocenters. The summed E-state index contributed by atoms with van der Waals surface area (Å²) in [4.78, 5) is 23.5. The Bertz CT molecular complexity index is 509. The maximum atomic E-state index is 11.3. The summed E-state index contributed by atoms with van der Waals surface area (Å²) in [6, 6.07) is 11.4. The molecule has 1 aromatic carbocycles. The predicted octanol–water partition coefficient (Wildman–Crippen LogP) is 1.87. The van der Waals surface area contributed by atoms with E-state index in [4.69, 9.17) is 10.00 Å². The molecule has 1 aromatic rings. The fraction of sp³-hybridized carbons (Fsp3) is 0.214. The van der Waals surface area contributed by atoms with Crippen LogP contribution in [-0.2, 0) is 14.3 Å². The highest BCUT2D eigenvalue weighted by molar-refractivity contribution is 8.02. The SMILES string of the molecule is N#CCCNC(=O)COC(=O)/C=C/Sc1ccccc1. The van der Waals surface area contributed by atoms with E-state index < -0.39 is 11.9 Å². The fourth-order valence-electron chi connectivity index (χ4n) is 1.16. The van der Waals surface area contributed by atoms with Crippen molar-refractivity contribution in [2.45, 2.75) is 11.3 Å². The molecule has 5 nitrogen and oxygen atoms in total. The van der Waals surface area contributed by atoms with Crippen LogP contribution in [0.1, 0.15) is 6.42 Å². The average molecular weight is 290 g/mol. The fourth-order valence-corrected chi connectivity index (χ4v) is 1.81. The highest BCUT2D eigenvalue weighted by Gasteiger charge is 2.03. The number of benzene rings is 1. The first-order valence-electron chi connectivity index (χ1n) is 5.91. The molecule has 0 aliphatic heterocycles. The zero-order valence-corrected chi connectivity index (χ0v) is 11.6. The molecule has 0 aliphatic carbocycles. The van der Waals surface area contributed by atoms with Crippen molar-refractivity contribution in [3.05, 3.63) is 41.8 Å². The number of carbonyl (C=O) groups is 2. The largest absolute Gasteiger partial charge is 0.452 e. The number of ether oxygens (including phenoxy) is 1. The maximum Gasteiger partial charge on any atom is 0.331 e. The molecule has 0 spiro atoms. The van der Waals surface area contributed by atoms with Gasteiger partial charge in [-0.1, -0.05) is 30.0 Å². The quantitative estimate of drug-likeness (QED) is 0.359. The number of nitriles is 1. The molecule has 0 saturated carbocycles. The number of rotatable bonds is 7. The summed E-state index contributed by atoms with van der Waals surface area (Å²) in [5, 5.41) is 12.3. The van der Waals surface area contributed by atoms with Crippen molar-refractivity contribution in [2.75, 3.05) is 13.2 Å². The molecule has 0 heterocycles. The van der Waals surface area contributed by atoms with E-state index in [1.54, 1.807) is 5.41 Å². The molecule has 20 heavy (non-hydrogen) atoms. The molecule has 0 saturated heterocycles. The zero-order valence-electron chi connectivity index (χ0n) is 10.7. The summed E-state index contributed by atoms with van der Waals surface area (Å²) in [5.74, 6) is -0.999. The van der Waals surface area contributed by atoms with E-state index in [1.165, 1.54) is 17.8 Å². The van der Waals surface area contributed by atoms with Gasteiger partial charge in [0.2, 0.25) is 0 Å². The first-order valence-corrected chi connectivity index (χ1v) is 6.79. The third-order valence-corrected chi connectivity index (χ3v) is 2.87. The Hall–Kier alpha value is -2.26. The molecule has 0 atom stereocenters. The molecule has 1 N–H and O–H groups in total. The lowest BCUT2D eigenvalue weighted by molar-refractivity contribution is -0.143. The number of amides is 1. The van der Waals surface area contributed by atoms with Crippen LogP contribution in [0.5, 0.6) is 0 Å². The predicted molar refractivity (Wildman–Crippen MR) is 75.6 cm³/mol. The van der Waals surface area contributed by atoms with E-state index in [9.17, 15) is 9.59 Å². The molecule has 0 bridgehead atoms. The van der Waals surface area contributed by atoms with Crippen LogP contribution in [0.4, 0.5) is 0 Å². The van der Waals surface area contributed by atoms with E-state index in [-0.39, 0.29) is 19.6 Å². The molecule has 0 radical (unpaired) electrons. The van der Waals surface area contributed by atoms with E-state index in [0.717, 1.165) is 4.90 Å². The molecule has 104 valence electrons. The van der Waals surface area contributed by atoms with Crippen molar-refractivity contribution in [2.24, 2.45) is 0 Å². The van der Waals surface area contributed by atoms with Crippen molar-refractivity contribution in [1.29, 1.82) is 5.26 Å². The highest BCUT2D eigenvalue weighted by Crippen LogP contribution is 2.17. The molecular formula is C14H14N2O3S. The van der Waals surface area contributed by atoms with Gasteiger partial charge in [-0.05, 0) is 17.5 Å². The lowest BCUT2D eigenvalue weighted by Gasteiger charge is -2.02. The Morgan fingerprint density at radius 1 is 1.35 bits per heavy atom. The van der Waals surface area contributed by atoms with Gasteiger partial charge in [0.25, 0.3) is 5.91 Å². The third-order valence-electron chi connectivity index (χ3n) is 2.06. The standard InChI is InChI=1S/C14H14N2O3S/c15-8-4-9-16-13(17)11-19-14(18)7-10-20-12-5-2-1-3-6-12/h1-3,5-7,10H,4,9,11H2,(H,16,17)/b10-7+. The van der Waals surface area contributed by atoms with E-state index >= 15 is 0 Å². The first-order chi connectivity index (χ1) is 9.72. The lowest BCUT2D eigenvalue weighted by Crippen LogP contribution is -2.29. The van der Waals surface area contributed by atoms with Crippen molar-refractivity contribution in [1.82, 2.24) is 5.32 Å². The zero-order chi connectivity index (χ0) is 14.6. The average Bonchev–Trinajstić information content (AvgIpc) is 2.46. The van der Waals surface area contributed by atoms with Gasteiger partial charge in [-0.25, -0.2) is 4.79 Å². The van der Waals surface area contributed by atoms with Crippen LogP contribution in [0.15, 0.2) is 46.7 Å². The van der Waals surface area contributed by atoms with Crippen LogP contribution in [0.25, 0.3) is 0 Å². The topological polar surface area (TPSA) is 79.2 Å². The number of nitrogens with zero attached hydrogens (tertiary/aromatic N) is 1. The van der Waals surface area contributed by atoms with Crippen molar-refractivity contribution in [3.8, 4) is 6.07 Å². The van der Waals surface area contributed by atoms with Crippen LogP contribution in [0.3, 0.4) is 0 Å². The number of hydrogen-bond acceptors (Lipinski definition) is 5. The monoisotopic (exact) mass is 290 g/mol. The van der Waals surface area contributed by atoms with Gasteiger partial charge in [0.05, 0.1) is 12.5 Å². The van der Waals surface area contributed by atoms with Gasteiger partial charge in [0.1, 0.15) is 0 Å². The summed E-state index contributed by atoms with van der Waals surface area (Å²) in [7, 11) is 0. The minimum absolute atomic E-state index is 0.229. The van der Waals surface area contributed by atoms with Gasteiger partial charge < -0.3 is 10.1 Å². The van der Waals surface area contributed by atoms with Gasteiger partial charge in [-0.15, -0.1) is 0 Å². The summed E-state index contributed by atoms with van der Waals surface area (Å²) in [6.07, 6.45) is 1.49. The van der Waals surface area contributed by atoms with Crippen molar-refractivity contribution >= 4 is 23.6 Å². The van der Waals surface area contributed by atoms with E-state index in [2.05, 4.69) is 5.32 Å². The Labute approximate surface area is 121 Å². The molecule has 6 heteroatoms. The minimum atomic E-state index is -0.580. The molecule has 1 rings (SSSR count). The van der Waals surface area contributed by atoms with Crippen LogP contribution in [0.2, 0.25) is 0 Å². The molecular weight excluding hydrogens is 276 g/mol. The maximum absolute atomic E-state index is 11.3. The van der Waals surface area contributed by atoms with Gasteiger partial charge in [-0.3, -0.25) is 4.79 Å². The highest BCUT2D eigenvalue weighted by atomic mass is 32.2. The summed E-state index contributed by atoms with van der Waals surface area (Å²) in [6.45, 7) is -0.0861. The van der Waals surface area contributed by atoms with Gasteiger partial charge in [-0.2, -0.15) is 5.26 Å². The van der Waals surface area contributed by atoms with Crippen molar-refractivity contribution in [3.63, 3.8) is 0 Å². The number of esters is 1. The Balaban J connectivity index is 2.20. The lowest BCUT2D eigenvalue weighted by atomic mass is 10.4. The summed E-state index contributed by atoms with van der Waals surface area (Å²) < 4.78 is 4.74. The van der Waals surface area contributed by atoms with Crippen LogP contribution < -0.4 is 5.32 Å². The Morgan fingerprint density at radius 2 is 2.10 bits per heavy atom. The minimum Gasteiger partial charge on any atom is -0.452 e. The summed E-state index contributed by atoms with van der Waals surface area (Å²) in [5.41, 5.74) is 0.